The molecule has 0 atom stereocenters. The first-order valence-corrected chi connectivity index (χ1v) is 8.43. The van der Waals surface area contributed by atoms with Gasteiger partial charge in [0.1, 0.15) is 12.4 Å². The Labute approximate surface area is 143 Å². The number of fused-ring (bicyclic) bond motifs is 1. The summed E-state index contributed by atoms with van der Waals surface area (Å²) in [6.07, 6.45) is 0. The first-order valence-electron chi connectivity index (χ1n) is 8.43. The van der Waals surface area contributed by atoms with Gasteiger partial charge in [0.15, 0.2) is 0 Å². The van der Waals surface area contributed by atoms with Crippen LogP contribution in [0.3, 0.4) is 0 Å². The molecule has 132 valence electrons. The van der Waals surface area contributed by atoms with Crippen molar-refractivity contribution in [2.75, 3.05) is 42.8 Å². The SMILES string of the molecule is CC(C)N1CN(C(C)C)c2cc(OCCOCCN=[N+]=[N-])ccc21. The van der Waals surface area contributed by atoms with Crippen LogP contribution in [0.4, 0.5) is 11.4 Å². The van der Waals surface area contributed by atoms with Gasteiger partial charge in [-0.1, -0.05) is 5.11 Å². The largest absolute Gasteiger partial charge is 0.491 e. The molecule has 0 spiro atoms. The Morgan fingerprint density at radius 1 is 1.08 bits per heavy atom. The van der Waals surface area contributed by atoms with Gasteiger partial charge in [0.2, 0.25) is 0 Å². The van der Waals surface area contributed by atoms with E-state index in [0.29, 0.717) is 38.4 Å². The molecule has 1 aliphatic rings. The van der Waals surface area contributed by atoms with Gasteiger partial charge in [0, 0.05) is 29.6 Å². The molecule has 1 heterocycles. The Kier molecular flexibility index (Phi) is 6.58. The number of ether oxygens (including phenoxy) is 2. The summed E-state index contributed by atoms with van der Waals surface area (Å²) >= 11 is 0. The van der Waals surface area contributed by atoms with Gasteiger partial charge < -0.3 is 19.3 Å². The van der Waals surface area contributed by atoms with E-state index in [1.54, 1.807) is 0 Å². The van der Waals surface area contributed by atoms with E-state index in [1.165, 1.54) is 11.4 Å². The van der Waals surface area contributed by atoms with Crippen LogP contribution in [0.15, 0.2) is 23.3 Å². The molecule has 0 fully saturated rings. The molecule has 0 aliphatic carbocycles. The van der Waals surface area contributed by atoms with Crippen molar-refractivity contribution in [3.05, 3.63) is 28.6 Å². The van der Waals surface area contributed by atoms with Crippen molar-refractivity contribution in [3.8, 4) is 5.75 Å². The molecule has 0 N–H and O–H groups in total. The lowest BCUT2D eigenvalue weighted by molar-refractivity contribution is 0.106. The predicted molar refractivity (Wildman–Crippen MR) is 96.9 cm³/mol. The van der Waals surface area contributed by atoms with Crippen LogP contribution in [-0.4, -0.2) is 45.1 Å². The molecule has 1 aliphatic heterocycles. The normalized spacial score (nSPS) is 13.4. The smallest absolute Gasteiger partial charge is 0.121 e. The summed E-state index contributed by atoms with van der Waals surface area (Å²) in [6, 6.07) is 7.15. The van der Waals surface area contributed by atoms with Crippen LogP contribution >= 0.6 is 0 Å². The fraction of sp³-hybridized carbons (Fsp3) is 0.647. The zero-order chi connectivity index (χ0) is 17.5. The van der Waals surface area contributed by atoms with Gasteiger partial charge in [0.25, 0.3) is 0 Å². The summed E-state index contributed by atoms with van der Waals surface area (Å²) in [5.74, 6) is 0.851. The highest BCUT2D eigenvalue weighted by molar-refractivity contribution is 5.78. The first-order chi connectivity index (χ1) is 11.5. The molecule has 0 unspecified atom stereocenters. The monoisotopic (exact) mass is 333 g/mol. The maximum atomic E-state index is 8.18. The van der Waals surface area contributed by atoms with E-state index in [2.05, 4.69) is 59.7 Å². The van der Waals surface area contributed by atoms with Gasteiger partial charge >= 0.3 is 0 Å². The Morgan fingerprint density at radius 2 is 1.79 bits per heavy atom. The highest BCUT2D eigenvalue weighted by Gasteiger charge is 2.29. The molecule has 0 saturated carbocycles. The molecule has 0 saturated heterocycles. The Hall–Kier alpha value is -2.11. The summed E-state index contributed by atoms with van der Waals surface area (Å²) in [6.45, 7) is 11.5. The molecule has 7 heteroatoms. The van der Waals surface area contributed by atoms with E-state index in [0.717, 1.165) is 12.4 Å². The minimum atomic E-state index is 0.351. The number of azide groups is 1. The summed E-state index contributed by atoms with van der Waals surface area (Å²) in [5.41, 5.74) is 10.7. The number of hydrogen-bond donors (Lipinski definition) is 0. The number of benzene rings is 1. The van der Waals surface area contributed by atoms with Crippen molar-refractivity contribution < 1.29 is 9.47 Å². The molecular formula is C17H27N5O2. The molecule has 1 aromatic rings. The van der Waals surface area contributed by atoms with Crippen LogP contribution in [0.25, 0.3) is 10.4 Å². The maximum absolute atomic E-state index is 8.18. The molecule has 24 heavy (non-hydrogen) atoms. The second-order valence-corrected chi connectivity index (χ2v) is 6.33. The summed E-state index contributed by atoms with van der Waals surface area (Å²) in [7, 11) is 0. The van der Waals surface area contributed by atoms with Gasteiger partial charge in [-0.05, 0) is 45.4 Å². The lowest BCUT2D eigenvalue weighted by Gasteiger charge is -2.27. The Morgan fingerprint density at radius 3 is 2.46 bits per heavy atom. The maximum Gasteiger partial charge on any atom is 0.121 e. The number of anilines is 2. The van der Waals surface area contributed by atoms with Crippen LogP contribution in [0.2, 0.25) is 0 Å². The third kappa shape index (κ3) is 4.46. The minimum absolute atomic E-state index is 0.351. The van der Waals surface area contributed by atoms with Crippen LogP contribution in [-0.2, 0) is 4.74 Å². The average Bonchev–Trinajstić information content (AvgIpc) is 2.93. The third-order valence-corrected chi connectivity index (χ3v) is 4.01. The second-order valence-electron chi connectivity index (χ2n) is 6.33. The van der Waals surface area contributed by atoms with E-state index in [9.17, 15) is 0 Å². The van der Waals surface area contributed by atoms with Crippen molar-refractivity contribution in [2.24, 2.45) is 5.11 Å². The topological polar surface area (TPSA) is 73.7 Å². The van der Waals surface area contributed by atoms with E-state index in [1.807, 2.05) is 6.07 Å². The predicted octanol–water partition coefficient (Wildman–Crippen LogP) is 3.79. The minimum Gasteiger partial charge on any atom is -0.491 e. The Bertz CT molecular complexity index is 584. The summed E-state index contributed by atoms with van der Waals surface area (Å²) < 4.78 is 11.1. The standard InChI is InChI=1S/C17H27N5O2/c1-13(2)21-12-22(14(3)4)17-11-15(5-6-16(17)21)24-10-9-23-8-7-19-20-18/h5-6,11,13-14H,7-10,12H2,1-4H3. The van der Waals surface area contributed by atoms with Crippen molar-refractivity contribution in [1.82, 2.24) is 0 Å². The Balaban J connectivity index is 1.94. The van der Waals surface area contributed by atoms with Crippen molar-refractivity contribution in [1.29, 1.82) is 0 Å². The third-order valence-electron chi connectivity index (χ3n) is 4.01. The van der Waals surface area contributed by atoms with E-state index >= 15 is 0 Å². The first kappa shape index (κ1) is 18.2. The molecule has 0 bridgehead atoms. The van der Waals surface area contributed by atoms with Crippen molar-refractivity contribution in [2.45, 2.75) is 39.8 Å². The van der Waals surface area contributed by atoms with Crippen LogP contribution in [0.5, 0.6) is 5.75 Å². The van der Waals surface area contributed by atoms with E-state index < -0.39 is 0 Å². The van der Waals surface area contributed by atoms with Gasteiger partial charge in [0.05, 0.1) is 31.3 Å². The quantitative estimate of drug-likeness (QED) is 0.298. The van der Waals surface area contributed by atoms with Crippen LogP contribution in [0, 0.1) is 0 Å². The zero-order valence-corrected chi connectivity index (χ0v) is 15.0. The van der Waals surface area contributed by atoms with E-state index in [-0.39, 0.29) is 0 Å². The highest BCUT2D eigenvalue weighted by atomic mass is 16.5. The average molecular weight is 333 g/mol. The van der Waals surface area contributed by atoms with Crippen molar-refractivity contribution >= 4 is 11.4 Å². The van der Waals surface area contributed by atoms with Gasteiger partial charge in [-0.3, -0.25) is 0 Å². The summed E-state index contributed by atoms with van der Waals surface area (Å²) in [5, 5.41) is 3.42. The number of hydrogen-bond acceptors (Lipinski definition) is 5. The molecule has 0 amide bonds. The van der Waals surface area contributed by atoms with Crippen LogP contribution in [0.1, 0.15) is 27.7 Å². The molecule has 0 radical (unpaired) electrons. The number of rotatable bonds is 9. The van der Waals surface area contributed by atoms with Gasteiger partial charge in [-0.15, -0.1) is 0 Å². The second kappa shape index (κ2) is 8.66. The highest BCUT2D eigenvalue weighted by Crippen LogP contribution is 2.40. The van der Waals surface area contributed by atoms with Gasteiger partial charge in [-0.25, -0.2) is 0 Å². The van der Waals surface area contributed by atoms with Crippen molar-refractivity contribution in [3.63, 3.8) is 0 Å². The summed E-state index contributed by atoms with van der Waals surface area (Å²) in [4.78, 5) is 7.47. The molecular weight excluding hydrogens is 306 g/mol. The molecule has 2 rings (SSSR count). The fourth-order valence-corrected chi connectivity index (χ4v) is 2.74. The lowest BCUT2D eigenvalue weighted by atomic mass is 10.2. The van der Waals surface area contributed by atoms with E-state index in [4.69, 9.17) is 15.0 Å². The zero-order valence-electron chi connectivity index (χ0n) is 15.0. The molecule has 0 aromatic heterocycles. The lowest BCUT2D eigenvalue weighted by Crippen LogP contribution is -2.38. The molecule has 7 nitrogen and oxygen atoms in total. The van der Waals surface area contributed by atoms with Crippen LogP contribution < -0.4 is 14.5 Å². The number of nitrogens with zero attached hydrogens (tertiary/aromatic N) is 5. The fourth-order valence-electron chi connectivity index (χ4n) is 2.74. The van der Waals surface area contributed by atoms with Gasteiger partial charge in [-0.2, -0.15) is 0 Å². The molecule has 1 aromatic carbocycles.